The van der Waals surface area contributed by atoms with Gasteiger partial charge in [0, 0.05) is 23.7 Å². The molecule has 1 heterocycles. The summed E-state index contributed by atoms with van der Waals surface area (Å²) in [6, 6.07) is 1.69. The maximum absolute atomic E-state index is 9.93. The Bertz CT molecular complexity index is 467. The molecule has 3 N–H and O–H groups in total. The van der Waals surface area contributed by atoms with E-state index in [-0.39, 0.29) is 24.2 Å². The van der Waals surface area contributed by atoms with Crippen LogP contribution in [0.5, 0.6) is 11.5 Å². The molecule has 1 aliphatic rings. The van der Waals surface area contributed by atoms with E-state index in [9.17, 15) is 5.11 Å². The molecule has 2 rings (SSSR count). The van der Waals surface area contributed by atoms with E-state index in [1.165, 1.54) is 7.11 Å². The average molecular weight is 432 g/mol. The molecule has 1 aromatic rings. The molecule has 1 aromatic carbocycles. The third-order valence-corrected chi connectivity index (χ3v) is 5.69. The molecule has 0 radical (unpaired) electrons. The minimum Gasteiger partial charge on any atom is -0.503 e. The summed E-state index contributed by atoms with van der Waals surface area (Å²) in [6.07, 6.45) is 1.91. The Balaban J connectivity index is 0.00000200. The number of rotatable bonds is 3. The summed E-state index contributed by atoms with van der Waals surface area (Å²) >= 11 is 6.84. The first-order valence-corrected chi connectivity index (χ1v) is 7.73. The maximum atomic E-state index is 9.93. The molecule has 0 bridgehead atoms. The molecule has 0 spiro atoms. The zero-order valence-corrected chi connectivity index (χ0v) is 15.1. The number of methoxy groups -OCH3 is 1. The lowest BCUT2D eigenvalue weighted by molar-refractivity contribution is 0.0582. The Kier molecular flexibility index (Phi) is 7.08. The Hall–Kier alpha value is -0.0100. The van der Waals surface area contributed by atoms with Gasteiger partial charge in [-0.2, -0.15) is 0 Å². The van der Waals surface area contributed by atoms with Crippen molar-refractivity contribution >= 4 is 44.3 Å². The molecular weight excluding hydrogens is 413 g/mol. The fraction of sp³-hybridized carbons (Fsp3) is 0.538. The molecule has 0 aliphatic carbocycles. The van der Waals surface area contributed by atoms with Gasteiger partial charge in [-0.05, 0) is 62.2 Å². The Morgan fingerprint density at radius 1 is 1.35 bits per heavy atom. The monoisotopic (exact) mass is 429 g/mol. The normalized spacial score (nSPS) is 17.4. The molecule has 0 amide bonds. The summed E-state index contributed by atoms with van der Waals surface area (Å²) in [5.74, 6) is 0.885. The van der Waals surface area contributed by atoms with Crippen molar-refractivity contribution < 1.29 is 14.6 Å². The quantitative estimate of drug-likeness (QED) is 0.765. The summed E-state index contributed by atoms with van der Waals surface area (Å²) in [6.45, 7) is 1.51. The van der Waals surface area contributed by atoms with E-state index in [0.29, 0.717) is 16.1 Å². The minimum absolute atomic E-state index is 0. The second kappa shape index (κ2) is 7.84. The van der Waals surface area contributed by atoms with Crippen LogP contribution in [0.3, 0.4) is 0 Å². The number of ether oxygens (including phenoxy) is 2. The van der Waals surface area contributed by atoms with Crippen LogP contribution in [0.25, 0.3) is 0 Å². The highest BCUT2D eigenvalue weighted by atomic mass is 79.9. The molecule has 114 valence electrons. The standard InChI is InChI=1S/C13H17Br2NO3.ClH/c1-18-9-6-8(10(14)11(15)13(9)17)12(16)7-2-4-19-5-3-7;/h6-7,12,17H,2-5,16H2,1H3;1H/t12-;/m0./s1. The number of hydrogen-bond donors (Lipinski definition) is 2. The van der Waals surface area contributed by atoms with E-state index in [2.05, 4.69) is 31.9 Å². The number of phenolic OH excluding ortho intramolecular Hbond substituents is 1. The number of benzene rings is 1. The Morgan fingerprint density at radius 2 is 1.95 bits per heavy atom. The van der Waals surface area contributed by atoms with Crippen LogP contribution in [0.1, 0.15) is 24.4 Å². The summed E-state index contributed by atoms with van der Waals surface area (Å²) in [4.78, 5) is 0. The third-order valence-electron chi connectivity index (χ3n) is 3.53. The van der Waals surface area contributed by atoms with Gasteiger partial charge in [0.1, 0.15) is 0 Å². The smallest absolute Gasteiger partial charge is 0.173 e. The number of aromatic hydroxyl groups is 1. The van der Waals surface area contributed by atoms with Crippen LogP contribution < -0.4 is 10.5 Å². The van der Waals surface area contributed by atoms with Crippen molar-refractivity contribution in [2.24, 2.45) is 11.7 Å². The molecule has 1 atom stereocenters. The van der Waals surface area contributed by atoms with Gasteiger partial charge in [-0.15, -0.1) is 12.4 Å². The highest BCUT2D eigenvalue weighted by Gasteiger charge is 2.26. The van der Waals surface area contributed by atoms with Crippen molar-refractivity contribution in [3.05, 3.63) is 20.6 Å². The number of halogens is 3. The molecule has 0 unspecified atom stereocenters. The van der Waals surface area contributed by atoms with Gasteiger partial charge in [0.15, 0.2) is 11.5 Å². The van der Waals surface area contributed by atoms with Crippen molar-refractivity contribution in [3.8, 4) is 11.5 Å². The first kappa shape index (κ1) is 18.0. The molecule has 7 heteroatoms. The van der Waals surface area contributed by atoms with E-state index in [0.717, 1.165) is 36.1 Å². The summed E-state index contributed by atoms with van der Waals surface area (Å²) in [5, 5.41) is 9.93. The van der Waals surface area contributed by atoms with Crippen molar-refractivity contribution in [1.29, 1.82) is 0 Å². The van der Waals surface area contributed by atoms with Crippen LogP contribution in [0.15, 0.2) is 15.0 Å². The van der Waals surface area contributed by atoms with Crippen molar-refractivity contribution in [1.82, 2.24) is 0 Å². The predicted octanol–water partition coefficient (Wildman–Crippen LogP) is 3.77. The number of phenols is 1. The molecule has 20 heavy (non-hydrogen) atoms. The van der Waals surface area contributed by atoms with Crippen molar-refractivity contribution in [2.75, 3.05) is 20.3 Å². The van der Waals surface area contributed by atoms with Crippen molar-refractivity contribution in [3.63, 3.8) is 0 Å². The van der Waals surface area contributed by atoms with E-state index in [1.54, 1.807) is 6.07 Å². The van der Waals surface area contributed by atoms with Gasteiger partial charge >= 0.3 is 0 Å². The lowest BCUT2D eigenvalue weighted by Crippen LogP contribution is -2.27. The molecular formula is C13H18Br2ClNO3. The van der Waals surface area contributed by atoms with Crippen LogP contribution in [0.4, 0.5) is 0 Å². The zero-order chi connectivity index (χ0) is 14.0. The fourth-order valence-electron chi connectivity index (χ4n) is 2.34. The molecule has 1 aliphatic heterocycles. The van der Waals surface area contributed by atoms with E-state index in [1.807, 2.05) is 0 Å². The van der Waals surface area contributed by atoms with Crippen molar-refractivity contribution in [2.45, 2.75) is 18.9 Å². The first-order valence-electron chi connectivity index (χ1n) is 6.14. The molecule has 0 saturated carbocycles. The van der Waals surface area contributed by atoms with Gasteiger partial charge in [-0.1, -0.05) is 0 Å². The summed E-state index contributed by atoms with van der Waals surface area (Å²) in [7, 11) is 1.53. The van der Waals surface area contributed by atoms with Gasteiger partial charge in [0.2, 0.25) is 0 Å². The lowest BCUT2D eigenvalue weighted by atomic mass is 9.87. The fourth-order valence-corrected chi connectivity index (χ4v) is 3.33. The van der Waals surface area contributed by atoms with Crippen LogP contribution in [-0.2, 0) is 4.74 Å². The number of hydrogen-bond acceptors (Lipinski definition) is 4. The van der Waals surface area contributed by atoms with E-state index >= 15 is 0 Å². The van der Waals surface area contributed by atoms with Crippen LogP contribution >= 0.6 is 44.3 Å². The first-order chi connectivity index (χ1) is 9.06. The van der Waals surface area contributed by atoms with Gasteiger partial charge in [-0.25, -0.2) is 0 Å². The molecule has 1 fully saturated rings. The predicted molar refractivity (Wildman–Crippen MR) is 87.8 cm³/mol. The lowest BCUT2D eigenvalue weighted by Gasteiger charge is -2.29. The molecule has 0 aromatic heterocycles. The zero-order valence-electron chi connectivity index (χ0n) is 11.1. The van der Waals surface area contributed by atoms with Crippen LogP contribution in [-0.4, -0.2) is 25.4 Å². The Labute approximate surface area is 141 Å². The second-order valence-electron chi connectivity index (χ2n) is 4.62. The van der Waals surface area contributed by atoms with Gasteiger partial charge in [-0.3, -0.25) is 0 Å². The summed E-state index contributed by atoms with van der Waals surface area (Å²) in [5.41, 5.74) is 7.31. The number of nitrogens with two attached hydrogens (primary N) is 1. The van der Waals surface area contributed by atoms with Crippen LogP contribution in [0, 0.1) is 5.92 Å². The Morgan fingerprint density at radius 3 is 2.50 bits per heavy atom. The average Bonchev–Trinajstić information content (AvgIpc) is 2.45. The SMILES string of the molecule is COc1cc([C@@H](N)C2CCOCC2)c(Br)c(Br)c1O.Cl. The topological polar surface area (TPSA) is 64.7 Å². The highest BCUT2D eigenvalue weighted by molar-refractivity contribution is 9.13. The second-order valence-corrected chi connectivity index (χ2v) is 6.21. The largest absolute Gasteiger partial charge is 0.503 e. The minimum atomic E-state index is -0.107. The van der Waals surface area contributed by atoms with E-state index in [4.69, 9.17) is 15.2 Å². The third kappa shape index (κ3) is 3.60. The molecule has 1 saturated heterocycles. The van der Waals surface area contributed by atoms with Crippen LogP contribution in [0.2, 0.25) is 0 Å². The van der Waals surface area contributed by atoms with Gasteiger partial charge in [0.05, 0.1) is 11.6 Å². The van der Waals surface area contributed by atoms with Gasteiger partial charge < -0.3 is 20.3 Å². The van der Waals surface area contributed by atoms with E-state index < -0.39 is 0 Å². The maximum Gasteiger partial charge on any atom is 0.173 e. The van der Waals surface area contributed by atoms with Gasteiger partial charge in [0.25, 0.3) is 0 Å². The highest BCUT2D eigenvalue weighted by Crippen LogP contribution is 2.45. The molecule has 4 nitrogen and oxygen atoms in total. The summed E-state index contributed by atoms with van der Waals surface area (Å²) < 4.78 is 11.9.